The zero-order chi connectivity index (χ0) is 45.6. The molecule has 0 heterocycles. The van der Waals surface area contributed by atoms with E-state index in [1.54, 1.807) is 11.1 Å². The van der Waals surface area contributed by atoms with Gasteiger partial charge in [0.2, 0.25) is 0 Å². The molecule has 0 bridgehead atoms. The molecule has 342 valence electrons. The van der Waals surface area contributed by atoms with Crippen LogP contribution in [0.3, 0.4) is 0 Å². The minimum atomic E-state index is -0.826. The molecule has 0 N–H and O–H groups in total. The molecule has 2 saturated carbocycles. The Morgan fingerprint density at radius 2 is 0.797 bits per heavy atom. The summed E-state index contributed by atoms with van der Waals surface area (Å²) in [5, 5.41) is 5.68. The van der Waals surface area contributed by atoms with Gasteiger partial charge >= 0.3 is 37.9 Å². The molecule has 0 spiro atoms. The van der Waals surface area contributed by atoms with Gasteiger partial charge in [0.25, 0.3) is 0 Å². The second-order valence-electron chi connectivity index (χ2n) is 19.3. The monoisotopic (exact) mass is 988 g/mol. The van der Waals surface area contributed by atoms with Crippen molar-refractivity contribution in [1.29, 1.82) is 0 Å². The molecule has 2 fully saturated rings. The molecular weight excluding hydrogens is 911 g/mol. The summed E-state index contributed by atoms with van der Waals surface area (Å²) in [5.41, 5.74) is 12.4. The van der Waals surface area contributed by atoms with Gasteiger partial charge in [-0.3, -0.25) is 0 Å². The van der Waals surface area contributed by atoms with Gasteiger partial charge in [-0.25, -0.2) is 0 Å². The fraction of sp³-hybridized carbons (Fsp3) is 0.500. The van der Waals surface area contributed by atoms with E-state index in [0.29, 0.717) is 10.8 Å². The van der Waals surface area contributed by atoms with Gasteiger partial charge in [-0.1, -0.05) is 202 Å². The summed E-state index contributed by atoms with van der Waals surface area (Å²) in [6, 6.07) is 41.9. The van der Waals surface area contributed by atoms with Crippen LogP contribution in [0.25, 0.3) is 43.8 Å². The zero-order valence-electron chi connectivity index (χ0n) is 40.7. The van der Waals surface area contributed by atoms with Gasteiger partial charge in [0.15, 0.2) is 0 Å². The van der Waals surface area contributed by atoms with Gasteiger partial charge in [-0.15, -0.1) is 69.1 Å². The van der Waals surface area contributed by atoms with Crippen LogP contribution in [0.4, 0.5) is 0 Å². The molecule has 4 heteroatoms. The van der Waals surface area contributed by atoms with E-state index in [0.717, 1.165) is 22.4 Å². The molecule has 0 unspecified atom stereocenters. The van der Waals surface area contributed by atoms with E-state index in [1.165, 1.54) is 183 Å². The Balaban J connectivity index is 0.000000215. The summed E-state index contributed by atoms with van der Waals surface area (Å²) in [7, 11) is 11.0. The van der Waals surface area contributed by atoms with Crippen LogP contribution in [0.2, 0.25) is 13.1 Å². The number of fused-ring (bicyclic) bond motifs is 2. The van der Waals surface area contributed by atoms with Crippen molar-refractivity contribution in [1.82, 2.24) is 0 Å². The molecule has 64 heavy (non-hydrogen) atoms. The van der Waals surface area contributed by atoms with E-state index < -0.39 is 20.8 Å². The molecule has 0 amide bonds. The van der Waals surface area contributed by atoms with Crippen molar-refractivity contribution in [2.75, 3.05) is 0 Å². The van der Waals surface area contributed by atoms with Crippen molar-refractivity contribution < 1.29 is 20.8 Å². The third kappa shape index (κ3) is 15.4. The van der Waals surface area contributed by atoms with Crippen LogP contribution in [0.15, 0.2) is 109 Å². The first kappa shape index (κ1) is 52.7. The first-order valence-electron chi connectivity index (χ1n) is 25.4. The van der Waals surface area contributed by atoms with Crippen molar-refractivity contribution in [3.63, 3.8) is 0 Å². The topological polar surface area (TPSA) is 0 Å². The van der Waals surface area contributed by atoms with Crippen LogP contribution in [-0.4, -0.2) is 9.52 Å². The molecule has 6 aromatic carbocycles. The van der Waals surface area contributed by atoms with Gasteiger partial charge in [-0.05, 0) is 84.5 Å². The summed E-state index contributed by atoms with van der Waals surface area (Å²) < 4.78 is 0. The number of aryl methyl sites for hydroxylation is 2. The molecular formula is C60H80Cl2SiZr. The van der Waals surface area contributed by atoms with Crippen molar-refractivity contribution in [2.45, 2.75) is 182 Å². The van der Waals surface area contributed by atoms with Crippen LogP contribution in [-0.2, 0) is 46.5 Å². The second-order valence-corrected chi connectivity index (χ2v) is 24.1. The minimum absolute atomic E-state index is 0.512. The molecule has 8 rings (SSSR count). The Bertz CT molecular complexity index is 2010. The van der Waals surface area contributed by atoms with E-state index in [9.17, 15) is 0 Å². The summed E-state index contributed by atoms with van der Waals surface area (Å²) in [4.78, 5) is 0. The zero-order valence-corrected chi connectivity index (χ0v) is 45.7. The van der Waals surface area contributed by atoms with E-state index in [2.05, 4.69) is 150 Å². The fourth-order valence-electron chi connectivity index (χ4n) is 11.0. The maximum atomic E-state index is 4.93. The van der Waals surface area contributed by atoms with Crippen LogP contribution < -0.4 is 0 Å². The van der Waals surface area contributed by atoms with E-state index in [-0.39, 0.29) is 0 Å². The third-order valence-electron chi connectivity index (χ3n) is 15.0. The van der Waals surface area contributed by atoms with Gasteiger partial charge in [0.1, 0.15) is 0 Å². The molecule has 2 aliphatic carbocycles. The first-order valence-corrected chi connectivity index (χ1v) is 33.7. The van der Waals surface area contributed by atoms with Crippen LogP contribution >= 0.6 is 17.0 Å². The Labute approximate surface area is 412 Å². The van der Waals surface area contributed by atoms with Crippen molar-refractivity contribution in [3.05, 3.63) is 131 Å². The van der Waals surface area contributed by atoms with Crippen molar-refractivity contribution in [2.24, 2.45) is 10.8 Å². The van der Waals surface area contributed by atoms with E-state index >= 15 is 0 Å². The van der Waals surface area contributed by atoms with Crippen molar-refractivity contribution in [3.8, 4) is 22.3 Å². The summed E-state index contributed by atoms with van der Waals surface area (Å²) in [6.45, 7) is 13.6. The molecule has 0 saturated heterocycles. The number of rotatable bonds is 10. The molecule has 0 aliphatic heterocycles. The maximum absolute atomic E-state index is 4.93. The summed E-state index contributed by atoms with van der Waals surface area (Å²) in [5.74, 6) is 0. The molecule has 0 atom stereocenters. The number of benzene rings is 4. The quantitative estimate of drug-likeness (QED) is 0.0948. The fourth-order valence-corrected chi connectivity index (χ4v) is 11.0. The number of hydrogen-bond donors (Lipinski definition) is 0. The van der Waals surface area contributed by atoms with Crippen LogP contribution in [0, 0.1) is 10.8 Å². The van der Waals surface area contributed by atoms with Crippen LogP contribution in [0.1, 0.15) is 166 Å². The Morgan fingerprint density at radius 1 is 0.484 bits per heavy atom. The average Bonchev–Trinajstić information content (AvgIpc) is 3.98. The van der Waals surface area contributed by atoms with E-state index in [4.69, 9.17) is 17.0 Å². The predicted octanol–water partition coefficient (Wildman–Crippen LogP) is 19.9. The molecule has 2 radical (unpaired) electrons. The Kier molecular flexibility index (Phi) is 23.2. The second kappa shape index (κ2) is 28.2. The molecule has 0 nitrogen and oxygen atoms in total. The summed E-state index contributed by atoms with van der Waals surface area (Å²) >= 11 is -0.826. The first-order chi connectivity index (χ1) is 31.3. The molecule has 6 aromatic rings. The number of halogens is 2. The summed E-state index contributed by atoms with van der Waals surface area (Å²) in [6.07, 6.45) is 30.2. The van der Waals surface area contributed by atoms with Crippen LogP contribution in [0.5, 0.6) is 0 Å². The van der Waals surface area contributed by atoms with Crippen molar-refractivity contribution >= 4 is 48.1 Å². The Hall–Kier alpha value is -2.22. The number of hydrogen-bond acceptors (Lipinski definition) is 0. The van der Waals surface area contributed by atoms with Gasteiger partial charge in [0, 0.05) is 9.52 Å². The normalized spacial score (nSPS) is 16.4. The Morgan fingerprint density at radius 3 is 1.09 bits per heavy atom. The predicted molar refractivity (Wildman–Crippen MR) is 285 cm³/mol. The van der Waals surface area contributed by atoms with Gasteiger partial charge in [0.05, 0.1) is 0 Å². The molecule has 0 aromatic heterocycles. The standard InChI is InChI=1S/2C29H37.C2H6Si.2ClH.Zr/c2*1-3-23-14-16-25(17-15-23)27-13-11-12-26-20-24(21-28(26)27)22-29(4-2)18-9-7-5-6-8-10-19-29;1-3-2;;;/h2*11-17,20-21H,3-10,18-19,22H2,1-2H3;1-2H3;2*1H;/q2*-1;;;;+4/p-2. The van der Waals surface area contributed by atoms with Gasteiger partial charge < -0.3 is 0 Å². The van der Waals surface area contributed by atoms with E-state index in [1.807, 2.05) is 0 Å². The average molecular weight is 992 g/mol. The van der Waals surface area contributed by atoms with Gasteiger partial charge in [-0.2, -0.15) is 12.1 Å². The third-order valence-corrected chi connectivity index (χ3v) is 15.0. The molecule has 2 aliphatic rings. The SMILES string of the molecule is CCc1ccc(-c2cccc3[cH-]c(CC4(CC)CCCCCCCC4)cc23)cc1.CCc1ccc(-c2cccc3[cH-]c(CC4(CC)CCCCCCCC4)cc23)cc1.C[Si]C.[Cl][Zr+2][Cl].